The summed E-state index contributed by atoms with van der Waals surface area (Å²) in [4.78, 5) is 38.0. The normalized spacial score (nSPS) is 12.4. The van der Waals surface area contributed by atoms with Crippen LogP contribution in [0.4, 0.5) is 0 Å². The molecule has 1 heterocycles. The van der Waals surface area contributed by atoms with Gasteiger partial charge in [0, 0.05) is 18.5 Å². The van der Waals surface area contributed by atoms with Crippen molar-refractivity contribution in [2.45, 2.75) is 30.3 Å². The van der Waals surface area contributed by atoms with Crippen LogP contribution < -0.4 is 21.5 Å². The molecule has 1 atom stereocenters. The van der Waals surface area contributed by atoms with Gasteiger partial charge in [-0.2, -0.15) is 4.72 Å². The SMILES string of the molecule is Cn1c(=O)n(C(CCCC(=O)NO)NS(=O)(=O)c2ccc(-c3ccc(Cl)cc3)cc2)c(=O)c2ccccc21. The predicted octanol–water partition coefficient (Wildman–Crippen LogP) is 3.17. The summed E-state index contributed by atoms with van der Waals surface area (Å²) in [5.41, 5.74) is 2.14. The van der Waals surface area contributed by atoms with E-state index >= 15 is 0 Å². The van der Waals surface area contributed by atoms with E-state index in [2.05, 4.69) is 4.72 Å². The molecule has 0 bridgehead atoms. The minimum absolute atomic E-state index is 0.0665. The lowest BCUT2D eigenvalue weighted by Crippen LogP contribution is -2.47. The van der Waals surface area contributed by atoms with Gasteiger partial charge in [-0.05, 0) is 60.4 Å². The van der Waals surface area contributed by atoms with E-state index in [1.165, 1.54) is 29.2 Å². The van der Waals surface area contributed by atoms with Crippen LogP contribution in [0, 0.1) is 0 Å². The van der Waals surface area contributed by atoms with Crippen LogP contribution in [0.25, 0.3) is 22.0 Å². The van der Waals surface area contributed by atoms with Crippen molar-refractivity contribution in [1.82, 2.24) is 19.3 Å². The molecule has 0 aliphatic rings. The van der Waals surface area contributed by atoms with E-state index in [1.807, 2.05) is 12.1 Å². The number of hydrogen-bond donors (Lipinski definition) is 3. The highest BCUT2D eigenvalue weighted by molar-refractivity contribution is 7.89. The zero-order valence-electron chi connectivity index (χ0n) is 20.3. The van der Waals surface area contributed by atoms with E-state index < -0.39 is 33.3 Å². The number of rotatable bonds is 9. The van der Waals surface area contributed by atoms with Gasteiger partial charge in [-0.25, -0.2) is 23.3 Å². The van der Waals surface area contributed by atoms with Crippen molar-refractivity contribution < 1.29 is 18.4 Å². The van der Waals surface area contributed by atoms with E-state index in [4.69, 9.17) is 16.8 Å². The van der Waals surface area contributed by atoms with Gasteiger partial charge in [0.05, 0.1) is 15.8 Å². The summed E-state index contributed by atoms with van der Waals surface area (Å²) in [5.74, 6) is -0.678. The number of fused-ring (bicyclic) bond motifs is 1. The average Bonchev–Trinajstić information content (AvgIpc) is 2.92. The Morgan fingerprint density at radius 3 is 2.21 bits per heavy atom. The number of aromatic nitrogens is 2. The van der Waals surface area contributed by atoms with Gasteiger partial charge in [-0.3, -0.25) is 19.4 Å². The molecule has 0 saturated carbocycles. The van der Waals surface area contributed by atoms with Crippen molar-refractivity contribution in [1.29, 1.82) is 0 Å². The summed E-state index contributed by atoms with van der Waals surface area (Å²) < 4.78 is 31.3. The Kier molecular flexibility index (Phi) is 8.12. The minimum atomic E-state index is -4.20. The van der Waals surface area contributed by atoms with Crippen LogP contribution in [0.3, 0.4) is 0 Å². The number of sulfonamides is 1. The molecule has 1 unspecified atom stereocenters. The second kappa shape index (κ2) is 11.3. The fourth-order valence-electron chi connectivity index (χ4n) is 4.17. The molecule has 0 aliphatic heterocycles. The molecule has 0 aliphatic carbocycles. The van der Waals surface area contributed by atoms with Crippen LogP contribution >= 0.6 is 11.6 Å². The van der Waals surface area contributed by atoms with Crippen molar-refractivity contribution in [2.75, 3.05) is 0 Å². The number of amides is 1. The quantitative estimate of drug-likeness (QED) is 0.214. The number of hydroxylamine groups is 1. The summed E-state index contributed by atoms with van der Waals surface area (Å²) in [5, 5.41) is 9.60. The highest BCUT2D eigenvalue weighted by atomic mass is 35.5. The number of aryl methyl sites for hydroxylation is 1. The van der Waals surface area contributed by atoms with Crippen LogP contribution in [0.5, 0.6) is 0 Å². The van der Waals surface area contributed by atoms with Crippen molar-refractivity contribution in [3.8, 4) is 11.1 Å². The standard InChI is InChI=1S/C26H25ClN4O6S/c1-30-22-6-3-2-5-21(22)25(33)31(26(30)34)23(7-4-8-24(32)28-35)29-38(36,37)20-15-11-18(12-16-20)17-9-13-19(27)14-10-17/h2-3,5-6,9-16,23,29,35H,4,7-8H2,1H3,(H,28,32). The van der Waals surface area contributed by atoms with Crippen molar-refractivity contribution in [3.63, 3.8) is 0 Å². The predicted molar refractivity (Wildman–Crippen MR) is 143 cm³/mol. The zero-order valence-corrected chi connectivity index (χ0v) is 21.9. The fourth-order valence-corrected chi connectivity index (χ4v) is 5.51. The third-order valence-corrected chi connectivity index (χ3v) is 7.89. The second-order valence-corrected chi connectivity index (χ2v) is 10.8. The third-order valence-electron chi connectivity index (χ3n) is 6.16. The Morgan fingerprint density at radius 2 is 1.58 bits per heavy atom. The van der Waals surface area contributed by atoms with E-state index in [-0.39, 0.29) is 29.5 Å². The molecule has 198 valence electrons. The highest BCUT2D eigenvalue weighted by Crippen LogP contribution is 2.24. The Hall–Kier alpha value is -3.77. The van der Waals surface area contributed by atoms with Crippen LogP contribution in [0.1, 0.15) is 25.4 Å². The molecule has 38 heavy (non-hydrogen) atoms. The van der Waals surface area contributed by atoms with Gasteiger partial charge in [0.2, 0.25) is 15.9 Å². The molecule has 4 aromatic rings. The lowest BCUT2D eigenvalue weighted by Gasteiger charge is -2.22. The van der Waals surface area contributed by atoms with E-state index in [1.54, 1.807) is 48.5 Å². The molecule has 0 fully saturated rings. The number of benzene rings is 3. The number of para-hydroxylation sites is 1. The number of nitrogens with one attached hydrogen (secondary N) is 2. The first-order valence-corrected chi connectivity index (χ1v) is 13.5. The van der Waals surface area contributed by atoms with Gasteiger partial charge in [0.1, 0.15) is 6.17 Å². The lowest BCUT2D eigenvalue weighted by atomic mass is 10.1. The molecule has 0 saturated heterocycles. The Bertz CT molecular complexity index is 1700. The van der Waals surface area contributed by atoms with Crippen LogP contribution in [0.15, 0.2) is 87.3 Å². The van der Waals surface area contributed by atoms with Gasteiger partial charge in [-0.15, -0.1) is 0 Å². The lowest BCUT2D eigenvalue weighted by molar-refractivity contribution is -0.129. The van der Waals surface area contributed by atoms with E-state index in [0.717, 1.165) is 15.7 Å². The Labute approximate surface area is 223 Å². The van der Waals surface area contributed by atoms with E-state index in [9.17, 15) is 22.8 Å². The fraction of sp³-hybridized carbons (Fsp3) is 0.192. The molecular weight excluding hydrogens is 532 g/mol. The molecule has 1 amide bonds. The zero-order chi connectivity index (χ0) is 27.4. The first-order valence-electron chi connectivity index (χ1n) is 11.6. The highest BCUT2D eigenvalue weighted by Gasteiger charge is 2.25. The summed E-state index contributed by atoms with van der Waals surface area (Å²) in [6, 6.07) is 19.7. The van der Waals surface area contributed by atoms with Gasteiger partial charge >= 0.3 is 5.69 Å². The molecule has 0 radical (unpaired) electrons. The monoisotopic (exact) mass is 556 g/mol. The average molecular weight is 557 g/mol. The number of carbonyl (C=O) groups excluding carboxylic acids is 1. The molecule has 0 spiro atoms. The maximum Gasteiger partial charge on any atom is 0.332 e. The molecule has 12 heteroatoms. The van der Waals surface area contributed by atoms with Crippen LogP contribution in [-0.4, -0.2) is 28.7 Å². The molecular formula is C26H25ClN4O6S. The summed E-state index contributed by atoms with van der Waals surface area (Å²) in [6.07, 6.45) is -1.42. The molecule has 10 nitrogen and oxygen atoms in total. The number of carbonyl (C=O) groups is 1. The van der Waals surface area contributed by atoms with Gasteiger partial charge in [0.25, 0.3) is 5.56 Å². The summed E-state index contributed by atoms with van der Waals surface area (Å²) in [7, 11) is -2.71. The van der Waals surface area contributed by atoms with Gasteiger partial charge in [0.15, 0.2) is 0 Å². The first-order chi connectivity index (χ1) is 18.1. The van der Waals surface area contributed by atoms with E-state index in [0.29, 0.717) is 10.5 Å². The maximum absolute atomic E-state index is 13.4. The third kappa shape index (κ3) is 5.70. The summed E-state index contributed by atoms with van der Waals surface area (Å²) >= 11 is 5.94. The topological polar surface area (TPSA) is 140 Å². The molecule has 3 aromatic carbocycles. The van der Waals surface area contributed by atoms with Crippen molar-refractivity contribution >= 4 is 38.4 Å². The number of hydrogen-bond acceptors (Lipinski definition) is 6. The summed E-state index contributed by atoms with van der Waals surface area (Å²) in [6.45, 7) is 0. The van der Waals surface area contributed by atoms with Gasteiger partial charge < -0.3 is 0 Å². The number of halogens is 1. The first kappa shape index (κ1) is 27.3. The van der Waals surface area contributed by atoms with Crippen molar-refractivity contribution in [2.24, 2.45) is 7.05 Å². The van der Waals surface area contributed by atoms with Crippen LogP contribution in [0.2, 0.25) is 5.02 Å². The smallest absolute Gasteiger partial charge is 0.296 e. The maximum atomic E-state index is 13.4. The second-order valence-electron chi connectivity index (χ2n) is 8.63. The molecule has 3 N–H and O–H groups in total. The Morgan fingerprint density at radius 1 is 0.974 bits per heavy atom. The Balaban J connectivity index is 1.71. The largest absolute Gasteiger partial charge is 0.332 e. The van der Waals surface area contributed by atoms with Crippen molar-refractivity contribution in [3.05, 3.63) is 98.7 Å². The molecule has 1 aromatic heterocycles. The van der Waals surface area contributed by atoms with Gasteiger partial charge in [-0.1, -0.05) is 48.0 Å². The van der Waals surface area contributed by atoms with Crippen LogP contribution in [-0.2, 0) is 21.9 Å². The molecule has 4 rings (SSSR count). The minimum Gasteiger partial charge on any atom is -0.296 e. The number of nitrogens with zero attached hydrogens (tertiary/aromatic N) is 2.